The highest BCUT2D eigenvalue weighted by Gasteiger charge is 2.25. The molecule has 2 aromatic carbocycles. The minimum Gasteiger partial charge on any atom is -0.495 e. The molecule has 2 rings (SSSR count). The molecular formula is C21H25NO4S. The lowest BCUT2D eigenvalue weighted by atomic mass is 10.2. The Morgan fingerprint density at radius 1 is 1.11 bits per heavy atom. The van der Waals surface area contributed by atoms with Crippen LogP contribution in [0.25, 0.3) is 6.08 Å². The van der Waals surface area contributed by atoms with Crippen molar-refractivity contribution < 1.29 is 17.9 Å². The summed E-state index contributed by atoms with van der Waals surface area (Å²) in [5.41, 5.74) is 1.22. The molecule has 5 nitrogen and oxygen atoms in total. The fourth-order valence-corrected chi connectivity index (χ4v) is 4.59. The summed E-state index contributed by atoms with van der Waals surface area (Å²) in [7, 11) is -1.99. The number of rotatable bonds is 8. The SMILES string of the molecule is CCC(CC)S(=O)(=O)c1ccc(OC)c(NC(=O)C=Cc2ccccc2)c1. The molecule has 0 aromatic heterocycles. The maximum Gasteiger partial charge on any atom is 0.248 e. The van der Waals surface area contributed by atoms with Gasteiger partial charge in [0.25, 0.3) is 0 Å². The van der Waals surface area contributed by atoms with Crippen LogP contribution in [0.1, 0.15) is 32.3 Å². The van der Waals surface area contributed by atoms with E-state index in [-0.39, 0.29) is 10.8 Å². The van der Waals surface area contributed by atoms with Crippen LogP contribution in [0, 0.1) is 0 Å². The number of hydrogen-bond donors (Lipinski definition) is 1. The Hall–Kier alpha value is -2.60. The molecule has 0 saturated carbocycles. The highest BCUT2D eigenvalue weighted by molar-refractivity contribution is 7.92. The Labute approximate surface area is 161 Å². The maximum atomic E-state index is 12.8. The molecule has 2 aromatic rings. The number of anilines is 1. The van der Waals surface area contributed by atoms with Crippen molar-refractivity contribution in [1.82, 2.24) is 0 Å². The molecule has 1 N–H and O–H groups in total. The van der Waals surface area contributed by atoms with Crippen molar-refractivity contribution in [3.8, 4) is 5.75 Å². The average Bonchev–Trinajstić information content (AvgIpc) is 2.68. The first kappa shape index (κ1) is 20.7. The second kappa shape index (κ2) is 9.37. The van der Waals surface area contributed by atoms with Gasteiger partial charge in [0.15, 0.2) is 9.84 Å². The third kappa shape index (κ3) is 5.20. The van der Waals surface area contributed by atoms with Gasteiger partial charge < -0.3 is 10.1 Å². The number of nitrogens with one attached hydrogen (secondary N) is 1. The largest absolute Gasteiger partial charge is 0.495 e. The molecule has 0 saturated heterocycles. The third-order valence-electron chi connectivity index (χ3n) is 4.33. The van der Waals surface area contributed by atoms with Crippen LogP contribution in [-0.4, -0.2) is 26.7 Å². The van der Waals surface area contributed by atoms with E-state index in [2.05, 4.69) is 5.32 Å². The summed E-state index contributed by atoms with van der Waals surface area (Å²) >= 11 is 0. The predicted molar refractivity (Wildman–Crippen MR) is 109 cm³/mol. The molecule has 6 heteroatoms. The summed E-state index contributed by atoms with van der Waals surface area (Å²) in [4.78, 5) is 12.4. The molecular weight excluding hydrogens is 362 g/mol. The smallest absolute Gasteiger partial charge is 0.248 e. The Kier molecular flexibility index (Phi) is 7.19. The second-order valence-corrected chi connectivity index (χ2v) is 8.31. The van der Waals surface area contributed by atoms with Crippen LogP contribution >= 0.6 is 0 Å². The van der Waals surface area contributed by atoms with Gasteiger partial charge in [-0.05, 0) is 42.7 Å². The lowest BCUT2D eigenvalue weighted by Gasteiger charge is -2.16. The van der Waals surface area contributed by atoms with Gasteiger partial charge in [-0.3, -0.25) is 4.79 Å². The Morgan fingerprint density at radius 2 is 1.78 bits per heavy atom. The fraction of sp³-hybridized carbons (Fsp3) is 0.286. The van der Waals surface area contributed by atoms with Crippen LogP contribution in [0.2, 0.25) is 0 Å². The minimum absolute atomic E-state index is 0.180. The van der Waals surface area contributed by atoms with Crippen LogP contribution < -0.4 is 10.1 Å². The molecule has 27 heavy (non-hydrogen) atoms. The Morgan fingerprint density at radius 3 is 2.37 bits per heavy atom. The fourth-order valence-electron chi connectivity index (χ4n) is 2.79. The first-order chi connectivity index (χ1) is 12.9. The van der Waals surface area contributed by atoms with E-state index in [1.807, 2.05) is 44.2 Å². The molecule has 0 aliphatic heterocycles. The quantitative estimate of drug-likeness (QED) is 0.685. The summed E-state index contributed by atoms with van der Waals surface area (Å²) in [5.74, 6) is 0.0363. The number of carbonyl (C=O) groups is 1. The van der Waals surface area contributed by atoms with Crippen LogP contribution in [-0.2, 0) is 14.6 Å². The first-order valence-corrected chi connectivity index (χ1v) is 10.4. The van der Waals surface area contributed by atoms with Gasteiger partial charge in [-0.2, -0.15) is 0 Å². The van der Waals surface area contributed by atoms with E-state index in [1.54, 1.807) is 12.1 Å². The third-order valence-corrected chi connectivity index (χ3v) is 6.79. The molecule has 0 radical (unpaired) electrons. The summed E-state index contributed by atoms with van der Waals surface area (Å²) in [6.07, 6.45) is 4.15. The zero-order chi connectivity index (χ0) is 19.9. The van der Waals surface area contributed by atoms with E-state index in [0.717, 1.165) is 5.56 Å². The van der Waals surface area contributed by atoms with E-state index < -0.39 is 15.1 Å². The van der Waals surface area contributed by atoms with Crippen molar-refractivity contribution in [2.45, 2.75) is 36.8 Å². The van der Waals surface area contributed by atoms with Crippen molar-refractivity contribution in [3.63, 3.8) is 0 Å². The van der Waals surface area contributed by atoms with Gasteiger partial charge in [0, 0.05) is 6.08 Å². The zero-order valence-electron chi connectivity index (χ0n) is 15.8. The van der Waals surface area contributed by atoms with E-state index in [4.69, 9.17) is 4.74 Å². The standard InChI is InChI=1S/C21H25NO4S/c1-4-17(5-2)27(24,25)18-12-13-20(26-3)19(15-18)22-21(23)14-11-16-9-7-6-8-10-16/h6-15,17H,4-5H2,1-3H3,(H,22,23). The first-order valence-electron chi connectivity index (χ1n) is 8.88. The van der Waals surface area contributed by atoms with Crippen molar-refractivity contribution in [2.24, 2.45) is 0 Å². The second-order valence-electron chi connectivity index (χ2n) is 6.08. The van der Waals surface area contributed by atoms with Gasteiger partial charge in [-0.1, -0.05) is 44.2 Å². The van der Waals surface area contributed by atoms with Gasteiger partial charge in [0.05, 0.1) is 22.9 Å². The van der Waals surface area contributed by atoms with E-state index in [1.165, 1.54) is 25.3 Å². The van der Waals surface area contributed by atoms with E-state index in [0.29, 0.717) is 24.3 Å². The number of sulfone groups is 1. The van der Waals surface area contributed by atoms with E-state index in [9.17, 15) is 13.2 Å². The molecule has 0 spiro atoms. The number of benzene rings is 2. The van der Waals surface area contributed by atoms with Crippen molar-refractivity contribution in [1.29, 1.82) is 0 Å². The minimum atomic E-state index is -3.46. The van der Waals surface area contributed by atoms with Gasteiger partial charge in [0.1, 0.15) is 5.75 Å². The molecule has 0 atom stereocenters. The molecule has 144 valence electrons. The van der Waals surface area contributed by atoms with E-state index >= 15 is 0 Å². The summed E-state index contributed by atoms with van der Waals surface area (Å²) in [5, 5.41) is 2.25. The zero-order valence-corrected chi connectivity index (χ0v) is 16.6. The summed E-state index contributed by atoms with van der Waals surface area (Å²) in [6, 6.07) is 14.0. The van der Waals surface area contributed by atoms with Crippen molar-refractivity contribution >= 4 is 27.5 Å². The topological polar surface area (TPSA) is 72.5 Å². The maximum absolute atomic E-state index is 12.8. The molecule has 0 aliphatic rings. The highest BCUT2D eigenvalue weighted by atomic mass is 32.2. The van der Waals surface area contributed by atoms with Gasteiger partial charge in [-0.15, -0.1) is 0 Å². The Bertz CT molecular complexity index is 901. The molecule has 1 amide bonds. The van der Waals surface area contributed by atoms with Crippen molar-refractivity contribution in [3.05, 3.63) is 60.2 Å². The van der Waals surface area contributed by atoms with Crippen molar-refractivity contribution in [2.75, 3.05) is 12.4 Å². The number of hydrogen-bond acceptors (Lipinski definition) is 4. The predicted octanol–water partition coefficient (Wildman–Crippen LogP) is 4.31. The van der Waals surface area contributed by atoms with Crippen LogP contribution in [0.15, 0.2) is 59.5 Å². The molecule has 0 bridgehead atoms. The summed E-state index contributed by atoms with van der Waals surface area (Å²) < 4.78 is 30.8. The average molecular weight is 388 g/mol. The van der Waals surface area contributed by atoms with Crippen LogP contribution in [0.3, 0.4) is 0 Å². The number of methoxy groups -OCH3 is 1. The lowest BCUT2D eigenvalue weighted by Crippen LogP contribution is -2.20. The van der Waals surface area contributed by atoms with Gasteiger partial charge >= 0.3 is 0 Å². The number of carbonyl (C=O) groups excluding carboxylic acids is 1. The number of ether oxygens (including phenoxy) is 1. The van der Waals surface area contributed by atoms with Crippen LogP contribution in [0.4, 0.5) is 5.69 Å². The summed E-state index contributed by atoms with van der Waals surface area (Å²) in [6.45, 7) is 3.71. The monoisotopic (exact) mass is 387 g/mol. The normalized spacial score (nSPS) is 11.7. The van der Waals surface area contributed by atoms with Gasteiger partial charge in [0.2, 0.25) is 5.91 Å². The number of amides is 1. The lowest BCUT2D eigenvalue weighted by molar-refractivity contribution is -0.111. The molecule has 0 unspecified atom stereocenters. The molecule has 0 fully saturated rings. The Balaban J connectivity index is 2.27. The molecule has 0 heterocycles. The molecule has 0 aliphatic carbocycles. The van der Waals surface area contributed by atoms with Gasteiger partial charge in [-0.25, -0.2) is 8.42 Å². The van der Waals surface area contributed by atoms with Crippen LogP contribution in [0.5, 0.6) is 5.75 Å². The highest BCUT2D eigenvalue weighted by Crippen LogP contribution is 2.30.